The van der Waals surface area contributed by atoms with Gasteiger partial charge in [0.1, 0.15) is 11.7 Å². The molecule has 0 amide bonds. The van der Waals surface area contributed by atoms with Gasteiger partial charge in [0.2, 0.25) is 0 Å². The Morgan fingerprint density at radius 2 is 1.72 bits per heavy atom. The molecule has 3 rings (SSSR count). The fourth-order valence-corrected chi connectivity index (χ4v) is 4.92. The van der Waals surface area contributed by atoms with Crippen LogP contribution in [0.15, 0.2) is 35.9 Å². The van der Waals surface area contributed by atoms with Gasteiger partial charge in [-0.1, -0.05) is 39.0 Å². The molecule has 1 unspecified atom stereocenters. The first-order chi connectivity index (χ1) is 13.7. The molecule has 0 aromatic heterocycles. The summed E-state index contributed by atoms with van der Waals surface area (Å²) in [6.45, 7) is 6.61. The van der Waals surface area contributed by atoms with Crippen LogP contribution in [0.5, 0.6) is 5.75 Å². The normalized spacial score (nSPS) is 28.2. The Hall–Kier alpha value is -3.10. The van der Waals surface area contributed by atoms with E-state index in [-0.39, 0.29) is 17.0 Å². The molecule has 148 valence electrons. The number of nitriles is 3. The summed E-state index contributed by atoms with van der Waals surface area (Å²) in [6, 6.07) is 13.9. The summed E-state index contributed by atoms with van der Waals surface area (Å²) in [4.78, 5) is 0. The highest BCUT2D eigenvalue weighted by molar-refractivity contribution is 6.00. The van der Waals surface area contributed by atoms with E-state index in [2.05, 4.69) is 45.1 Å². The van der Waals surface area contributed by atoms with Crippen molar-refractivity contribution in [2.75, 3.05) is 7.11 Å². The molecule has 2 aliphatic carbocycles. The van der Waals surface area contributed by atoms with Gasteiger partial charge in [-0.2, -0.15) is 15.8 Å². The summed E-state index contributed by atoms with van der Waals surface area (Å²) >= 11 is 0. The van der Waals surface area contributed by atoms with Gasteiger partial charge in [-0.15, -0.1) is 0 Å². The van der Waals surface area contributed by atoms with Gasteiger partial charge in [-0.05, 0) is 53.4 Å². The molecular formula is C24H26N4O. The maximum atomic E-state index is 10.1. The van der Waals surface area contributed by atoms with Crippen LogP contribution in [-0.4, -0.2) is 12.8 Å². The Kier molecular flexibility index (Phi) is 5.25. The Bertz CT molecular complexity index is 949. The van der Waals surface area contributed by atoms with Crippen LogP contribution in [0.2, 0.25) is 0 Å². The van der Waals surface area contributed by atoms with E-state index >= 15 is 0 Å². The molecule has 1 saturated carbocycles. The monoisotopic (exact) mass is 386 g/mol. The lowest BCUT2D eigenvalue weighted by Crippen LogP contribution is -2.50. The number of hydrogen-bond acceptors (Lipinski definition) is 5. The molecule has 0 saturated heterocycles. The molecule has 4 atom stereocenters. The summed E-state index contributed by atoms with van der Waals surface area (Å²) in [6.07, 6.45) is 3.74. The van der Waals surface area contributed by atoms with E-state index < -0.39 is 17.3 Å². The molecule has 0 radical (unpaired) electrons. The van der Waals surface area contributed by atoms with Crippen molar-refractivity contribution in [1.29, 1.82) is 21.2 Å². The van der Waals surface area contributed by atoms with Crippen LogP contribution in [0.25, 0.3) is 0 Å². The van der Waals surface area contributed by atoms with Crippen molar-refractivity contribution < 1.29 is 4.74 Å². The van der Waals surface area contributed by atoms with E-state index in [1.54, 1.807) is 7.11 Å². The largest absolute Gasteiger partial charge is 0.497 e. The molecule has 0 heterocycles. The highest BCUT2D eigenvalue weighted by atomic mass is 16.5. The van der Waals surface area contributed by atoms with Gasteiger partial charge in [0, 0.05) is 5.92 Å². The van der Waals surface area contributed by atoms with E-state index in [0.29, 0.717) is 11.7 Å². The highest BCUT2D eigenvalue weighted by Crippen LogP contribution is 2.57. The molecular weight excluding hydrogens is 360 g/mol. The molecule has 29 heavy (non-hydrogen) atoms. The van der Waals surface area contributed by atoms with Crippen LogP contribution in [0, 0.1) is 68.0 Å². The fraction of sp³-hybridized carbons (Fsp3) is 0.500. The lowest BCUT2D eigenvalue weighted by molar-refractivity contribution is 0.168. The minimum Gasteiger partial charge on any atom is -0.497 e. The van der Waals surface area contributed by atoms with Crippen LogP contribution >= 0.6 is 0 Å². The SMILES string of the molecule is COc1ccc([C@H]2[C@H]3C[C@@H](C(C)(C)C)CC=C3C(C#N)C(=N)C2(C#N)C#N)cc1. The van der Waals surface area contributed by atoms with E-state index in [4.69, 9.17) is 10.1 Å². The first-order valence-corrected chi connectivity index (χ1v) is 9.88. The molecule has 2 aliphatic rings. The molecule has 0 spiro atoms. The van der Waals surface area contributed by atoms with Crippen LogP contribution in [0.3, 0.4) is 0 Å². The molecule has 1 aromatic carbocycles. The number of nitrogens with one attached hydrogen (secondary N) is 1. The van der Waals surface area contributed by atoms with Gasteiger partial charge in [-0.25, -0.2) is 0 Å². The van der Waals surface area contributed by atoms with Crippen molar-refractivity contribution in [3.05, 3.63) is 41.5 Å². The van der Waals surface area contributed by atoms with E-state index in [0.717, 1.165) is 24.0 Å². The molecule has 1 aromatic rings. The van der Waals surface area contributed by atoms with Gasteiger partial charge in [0.05, 0.1) is 31.0 Å². The Morgan fingerprint density at radius 1 is 1.10 bits per heavy atom. The second-order valence-electron chi connectivity index (χ2n) is 9.10. The third kappa shape index (κ3) is 3.20. The van der Waals surface area contributed by atoms with Crippen molar-refractivity contribution in [2.24, 2.45) is 28.6 Å². The number of nitrogens with zero attached hydrogens (tertiary/aromatic N) is 3. The Balaban J connectivity index is 2.22. The van der Waals surface area contributed by atoms with Crippen molar-refractivity contribution in [2.45, 2.75) is 39.5 Å². The maximum Gasteiger partial charge on any atom is 0.189 e. The molecule has 0 aliphatic heterocycles. The summed E-state index contributed by atoms with van der Waals surface area (Å²) in [5, 5.41) is 38.7. The second kappa shape index (κ2) is 7.38. The van der Waals surface area contributed by atoms with E-state index in [1.165, 1.54) is 0 Å². The highest BCUT2D eigenvalue weighted by Gasteiger charge is 2.58. The fourth-order valence-electron chi connectivity index (χ4n) is 4.92. The first kappa shape index (κ1) is 20.6. The van der Waals surface area contributed by atoms with E-state index in [1.807, 2.05) is 24.3 Å². The first-order valence-electron chi connectivity index (χ1n) is 9.88. The number of rotatable bonds is 2. The predicted octanol–water partition coefficient (Wildman–Crippen LogP) is 4.98. The van der Waals surface area contributed by atoms with Gasteiger partial charge in [-0.3, -0.25) is 0 Å². The van der Waals surface area contributed by atoms with Gasteiger partial charge in [0.25, 0.3) is 0 Å². The number of allylic oxidation sites excluding steroid dienone is 2. The van der Waals surface area contributed by atoms with Gasteiger partial charge < -0.3 is 10.1 Å². The van der Waals surface area contributed by atoms with Crippen LogP contribution in [0.1, 0.15) is 45.1 Å². The molecule has 5 heteroatoms. The second-order valence-corrected chi connectivity index (χ2v) is 9.10. The standard InChI is InChI=1S/C24H26N4O/c1-23(2,3)16-7-10-18-19(11-16)21(15-5-8-17(29-4)9-6-15)24(13-26,14-27)22(28)20(18)12-25/h5-6,8-10,16,19-21,28H,7,11H2,1-4H3/t16-,19-,20?,21-/m0/s1. The smallest absolute Gasteiger partial charge is 0.189 e. The maximum absolute atomic E-state index is 10.1. The van der Waals surface area contributed by atoms with Crippen molar-refractivity contribution in [3.63, 3.8) is 0 Å². The minimum absolute atomic E-state index is 0.0710. The summed E-state index contributed by atoms with van der Waals surface area (Å²) in [5.74, 6) is -0.356. The van der Waals surface area contributed by atoms with Crippen LogP contribution in [0.4, 0.5) is 0 Å². The van der Waals surface area contributed by atoms with Crippen LogP contribution in [-0.2, 0) is 0 Å². The van der Waals surface area contributed by atoms with Crippen molar-refractivity contribution >= 4 is 5.71 Å². The van der Waals surface area contributed by atoms with E-state index in [9.17, 15) is 15.8 Å². The molecule has 1 N–H and O–H groups in total. The summed E-state index contributed by atoms with van der Waals surface area (Å²) in [7, 11) is 1.59. The third-order valence-corrected chi connectivity index (χ3v) is 6.70. The van der Waals surface area contributed by atoms with Crippen LogP contribution < -0.4 is 4.74 Å². The van der Waals surface area contributed by atoms with Crippen molar-refractivity contribution in [1.82, 2.24) is 0 Å². The van der Waals surface area contributed by atoms with Gasteiger partial charge in [0.15, 0.2) is 5.41 Å². The number of fused-ring (bicyclic) bond motifs is 1. The van der Waals surface area contributed by atoms with Crippen molar-refractivity contribution in [3.8, 4) is 24.0 Å². The predicted molar refractivity (Wildman–Crippen MR) is 110 cm³/mol. The lowest BCUT2D eigenvalue weighted by atomic mass is 9.51. The minimum atomic E-state index is -1.66. The lowest BCUT2D eigenvalue weighted by Gasteiger charge is -2.49. The zero-order valence-electron chi connectivity index (χ0n) is 17.4. The number of methoxy groups -OCH3 is 1. The summed E-state index contributed by atoms with van der Waals surface area (Å²) in [5.41, 5.74) is 0.0566. The average Bonchev–Trinajstić information content (AvgIpc) is 2.72. The third-order valence-electron chi connectivity index (χ3n) is 6.70. The Morgan fingerprint density at radius 3 is 2.21 bits per heavy atom. The summed E-state index contributed by atoms with van der Waals surface area (Å²) < 4.78 is 5.26. The molecule has 1 fully saturated rings. The zero-order chi connectivity index (χ0) is 21.4. The topological polar surface area (TPSA) is 104 Å². The zero-order valence-corrected chi connectivity index (χ0v) is 17.4. The number of hydrogen-bond donors (Lipinski definition) is 1. The Labute approximate surface area is 172 Å². The molecule has 5 nitrogen and oxygen atoms in total. The van der Waals surface area contributed by atoms with Gasteiger partial charge >= 0.3 is 0 Å². The number of ether oxygens (including phenoxy) is 1. The quantitative estimate of drug-likeness (QED) is 0.723. The molecule has 0 bridgehead atoms. The average molecular weight is 386 g/mol. The number of benzene rings is 1.